The topological polar surface area (TPSA) is 98.0 Å². The Labute approximate surface area is 106 Å². The van der Waals surface area contributed by atoms with Gasteiger partial charge in [-0.05, 0) is 12.8 Å². The standard InChI is InChI=1S/C11H21ClO5/c1-4-8(14)9(15,5-2)10(16,6-3)11(12,17)7-13/h13,15-17H,4-7H2,1-3H3/t9-,10-,11+/m0/s1. The minimum absolute atomic E-state index is 0.00888. The van der Waals surface area contributed by atoms with Crippen LogP contribution in [0, 0.1) is 0 Å². The zero-order chi connectivity index (χ0) is 13.9. The Balaban J connectivity index is 5.69. The van der Waals surface area contributed by atoms with Crippen LogP contribution in [0.2, 0.25) is 0 Å². The Hall–Kier alpha value is -0.200. The molecule has 4 N–H and O–H groups in total. The van der Waals surface area contributed by atoms with E-state index in [2.05, 4.69) is 0 Å². The minimum Gasteiger partial charge on any atom is -0.392 e. The van der Waals surface area contributed by atoms with Gasteiger partial charge in [-0.3, -0.25) is 4.79 Å². The van der Waals surface area contributed by atoms with E-state index in [4.69, 9.17) is 16.7 Å². The fourth-order valence-electron chi connectivity index (χ4n) is 2.02. The van der Waals surface area contributed by atoms with Crippen molar-refractivity contribution >= 4 is 17.4 Å². The lowest BCUT2D eigenvalue weighted by Crippen LogP contribution is -2.69. The number of hydrogen-bond acceptors (Lipinski definition) is 5. The smallest absolute Gasteiger partial charge is 0.193 e. The summed E-state index contributed by atoms with van der Waals surface area (Å²) in [6.45, 7) is 3.52. The molecule has 6 heteroatoms. The number of carbonyl (C=O) groups excluding carboxylic acids is 1. The van der Waals surface area contributed by atoms with Crippen molar-refractivity contribution in [3.05, 3.63) is 0 Å². The molecule has 0 aliphatic heterocycles. The Morgan fingerprint density at radius 2 is 1.59 bits per heavy atom. The highest BCUT2D eigenvalue weighted by Crippen LogP contribution is 2.41. The van der Waals surface area contributed by atoms with Crippen molar-refractivity contribution in [3.8, 4) is 0 Å². The van der Waals surface area contributed by atoms with Gasteiger partial charge in [-0.2, -0.15) is 0 Å². The van der Waals surface area contributed by atoms with Crippen LogP contribution in [0.15, 0.2) is 0 Å². The molecular formula is C11H21ClO5. The Bertz CT molecular complexity index is 281. The molecule has 0 spiro atoms. The monoisotopic (exact) mass is 268 g/mol. The molecule has 0 aliphatic carbocycles. The molecule has 0 fully saturated rings. The predicted octanol–water partition coefficient (Wildman–Crippen LogP) is 0.167. The third-order valence-electron chi connectivity index (χ3n) is 3.33. The number of carbonyl (C=O) groups is 1. The summed E-state index contributed by atoms with van der Waals surface area (Å²) in [6, 6.07) is 0. The van der Waals surface area contributed by atoms with E-state index in [0.717, 1.165) is 0 Å². The van der Waals surface area contributed by atoms with Gasteiger partial charge in [-0.1, -0.05) is 32.4 Å². The van der Waals surface area contributed by atoms with Gasteiger partial charge in [0.05, 0.1) is 6.61 Å². The molecule has 0 aromatic heterocycles. The maximum Gasteiger partial charge on any atom is 0.193 e. The summed E-state index contributed by atoms with van der Waals surface area (Å²) in [7, 11) is 0. The SMILES string of the molecule is CCC(=O)[C@@](O)(CC)[C@@](O)(CC)[C@@](O)(Cl)CO. The maximum absolute atomic E-state index is 11.8. The first kappa shape index (κ1) is 16.8. The lowest BCUT2D eigenvalue weighted by Gasteiger charge is -2.47. The number of hydrogen-bond donors (Lipinski definition) is 4. The molecule has 3 atom stereocenters. The van der Waals surface area contributed by atoms with Gasteiger partial charge in [0.1, 0.15) is 5.60 Å². The van der Waals surface area contributed by atoms with E-state index in [1.807, 2.05) is 0 Å². The molecule has 0 amide bonds. The molecule has 0 radical (unpaired) electrons. The van der Waals surface area contributed by atoms with E-state index < -0.39 is 28.7 Å². The molecule has 0 aromatic carbocycles. The summed E-state index contributed by atoms with van der Waals surface area (Å²) in [4.78, 5) is 11.8. The first-order chi connectivity index (χ1) is 7.66. The Morgan fingerprint density at radius 1 is 1.12 bits per heavy atom. The number of halogens is 1. The second kappa shape index (κ2) is 5.63. The van der Waals surface area contributed by atoms with Crippen molar-refractivity contribution < 1.29 is 25.2 Å². The normalized spacial score (nSPS) is 22.4. The van der Waals surface area contributed by atoms with Gasteiger partial charge in [-0.25, -0.2) is 0 Å². The van der Waals surface area contributed by atoms with Crippen molar-refractivity contribution in [2.45, 2.75) is 56.3 Å². The van der Waals surface area contributed by atoms with E-state index in [-0.39, 0.29) is 19.3 Å². The Morgan fingerprint density at radius 3 is 1.82 bits per heavy atom. The molecule has 0 saturated carbocycles. The van der Waals surface area contributed by atoms with Gasteiger partial charge in [-0.15, -0.1) is 0 Å². The van der Waals surface area contributed by atoms with Crippen molar-refractivity contribution in [1.82, 2.24) is 0 Å². The van der Waals surface area contributed by atoms with Gasteiger partial charge in [0.15, 0.2) is 16.4 Å². The van der Waals surface area contributed by atoms with Crippen LogP contribution in [-0.2, 0) is 4.79 Å². The van der Waals surface area contributed by atoms with Gasteiger partial charge < -0.3 is 20.4 Å². The number of aliphatic hydroxyl groups excluding tert-OH is 1. The van der Waals surface area contributed by atoms with Crippen molar-refractivity contribution in [2.75, 3.05) is 6.61 Å². The molecule has 5 nitrogen and oxygen atoms in total. The summed E-state index contributed by atoms with van der Waals surface area (Å²) in [5.41, 5.74) is -4.49. The zero-order valence-electron chi connectivity index (χ0n) is 10.4. The van der Waals surface area contributed by atoms with Crippen LogP contribution < -0.4 is 0 Å². The maximum atomic E-state index is 11.8. The van der Waals surface area contributed by atoms with Gasteiger partial charge in [0, 0.05) is 6.42 Å². The first-order valence-corrected chi connectivity index (χ1v) is 6.04. The fourth-order valence-corrected chi connectivity index (χ4v) is 2.31. The molecule has 0 rings (SSSR count). The van der Waals surface area contributed by atoms with E-state index in [0.29, 0.717) is 0 Å². The van der Waals surface area contributed by atoms with Crippen LogP contribution in [0.25, 0.3) is 0 Å². The molecule has 102 valence electrons. The average molecular weight is 269 g/mol. The molecule has 0 unspecified atom stereocenters. The summed E-state index contributed by atoms with van der Waals surface area (Å²) in [5.74, 6) is -0.628. The van der Waals surface area contributed by atoms with Crippen molar-refractivity contribution in [2.24, 2.45) is 0 Å². The molecule has 0 saturated heterocycles. The number of ketones is 1. The Kier molecular flexibility index (Phi) is 5.56. The van der Waals surface area contributed by atoms with E-state index in [9.17, 15) is 20.1 Å². The highest BCUT2D eigenvalue weighted by Gasteiger charge is 2.62. The van der Waals surface area contributed by atoms with Crippen LogP contribution in [0.5, 0.6) is 0 Å². The molecule has 0 aliphatic rings. The highest BCUT2D eigenvalue weighted by molar-refractivity contribution is 6.24. The van der Waals surface area contributed by atoms with Gasteiger partial charge in [0.2, 0.25) is 0 Å². The van der Waals surface area contributed by atoms with Crippen LogP contribution in [0.1, 0.15) is 40.0 Å². The van der Waals surface area contributed by atoms with Crippen LogP contribution >= 0.6 is 11.6 Å². The lowest BCUT2D eigenvalue weighted by atomic mass is 9.71. The lowest BCUT2D eigenvalue weighted by molar-refractivity contribution is -0.225. The fraction of sp³-hybridized carbons (Fsp3) is 0.909. The first-order valence-electron chi connectivity index (χ1n) is 5.67. The molecule has 0 aromatic rings. The second-order valence-corrected chi connectivity index (χ2v) is 4.75. The summed E-state index contributed by atoms with van der Waals surface area (Å²) in [5, 5.41) is 37.0. The number of aliphatic hydroxyl groups is 4. The van der Waals surface area contributed by atoms with Crippen LogP contribution in [0.4, 0.5) is 0 Å². The summed E-state index contributed by atoms with van der Waals surface area (Å²) < 4.78 is 0. The number of rotatable bonds is 7. The average Bonchev–Trinajstić information content (AvgIpc) is 2.34. The zero-order valence-corrected chi connectivity index (χ0v) is 11.2. The van der Waals surface area contributed by atoms with E-state index in [1.54, 1.807) is 0 Å². The third kappa shape index (κ3) is 2.48. The minimum atomic E-state index is -2.47. The largest absolute Gasteiger partial charge is 0.392 e. The quantitative estimate of drug-likeness (QED) is 0.494. The third-order valence-corrected chi connectivity index (χ3v) is 3.77. The van der Waals surface area contributed by atoms with E-state index in [1.165, 1.54) is 20.8 Å². The van der Waals surface area contributed by atoms with Crippen molar-refractivity contribution in [3.63, 3.8) is 0 Å². The van der Waals surface area contributed by atoms with E-state index >= 15 is 0 Å². The molecule has 17 heavy (non-hydrogen) atoms. The highest BCUT2D eigenvalue weighted by atomic mass is 35.5. The molecular weight excluding hydrogens is 248 g/mol. The van der Waals surface area contributed by atoms with Gasteiger partial charge in [0.25, 0.3) is 0 Å². The summed E-state index contributed by atoms with van der Waals surface area (Å²) >= 11 is 5.64. The molecule has 0 heterocycles. The van der Waals surface area contributed by atoms with Crippen LogP contribution in [0.3, 0.4) is 0 Å². The van der Waals surface area contributed by atoms with Crippen molar-refractivity contribution in [1.29, 1.82) is 0 Å². The number of Topliss-reactive ketones (excluding diaryl/α,β-unsaturated/α-hetero) is 1. The molecule has 0 bridgehead atoms. The predicted molar refractivity (Wildman–Crippen MR) is 63.7 cm³/mol. The second-order valence-electron chi connectivity index (χ2n) is 4.12. The van der Waals surface area contributed by atoms with Crippen LogP contribution in [-0.4, -0.2) is 49.1 Å². The number of alkyl halides is 1. The van der Waals surface area contributed by atoms with Gasteiger partial charge >= 0.3 is 0 Å². The summed E-state index contributed by atoms with van der Waals surface area (Å²) in [6.07, 6.45) is -0.298.